The van der Waals surface area contributed by atoms with E-state index in [-0.39, 0.29) is 29.6 Å². The summed E-state index contributed by atoms with van der Waals surface area (Å²) in [6, 6.07) is 3.21. The predicted molar refractivity (Wildman–Crippen MR) is 95.6 cm³/mol. The second-order valence-electron chi connectivity index (χ2n) is 5.81. The van der Waals surface area contributed by atoms with Crippen LogP contribution in [0.15, 0.2) is 28.5 Å². The molecule has 2 aromatic heterocycles. The highest BCUT2D eigenvalue weighted by Crippen LogP contribution is 2.43. The van der Waals surface area contributed by atoms with Crippen LogP contribution in [0.5, 0.6) is 17.2 Å². The van der Waals surface area contributed by atoms with E-state index in [1.54, 1.807) is 28.1 Å². The monoisotopic (exact) mass is 373 g/mol. The molecule has 3 aromatic rings. The number of phenols is 1. The summed E-state index contributed by atoms with van der Waals surface area (Å²) >= 11 is 1.31. The van der Waals surface area contributed by atoms with Gasteiger partial charge in [-0.3, -0.25) is 14.0 Å². The van der Waals surface area contributed by atoms with E-state index >= 15 is 0 Å². The van der Waals surface area contributed by atoms with E-state index in [9.17, 15) is 14.7 Å². The number of carbonyl (C=O) groups is 1. The number of thiazole rings is 1. The topological polar surface area (TPSA) is 102 Å². The van der Waals surface area contributed by atoms with E-state index < -0.39 is 11.5 Å². The van der Waals surface area contributed by atoms with Gasteiger partial charge in [-0.05, 0) is 17.7 Å². The van der Waals surface area contributed by atoms with Gasteiger partial charge in [0.15, 0.2) is 16.5 Å². The summed E-state index contributed by atoms with van der Waals surface area (Å²) in [4.78, 5) is 29.6. The molecule has 0 radical (unpaired) electrons. The zero-order chi connectivity index (χ0) is 18.4. The molecule has 0 saturated carbocycles. The third kappa shape index (κ3) is 2.39. The Kier molecular flexibility index (Phi) is 3.80. The maximum Gasteiger partial charge on any atom is 0.279 e. The SMILES string of the molecule is COc1cc([C@H]2CC(=O)Nc3c2c(=O)nc2sccn32)cc(OC)c1O. The van der Waals surface area contributed by atoms with Crippen LogP contribution in [-0.2, 0) is 4.79 Å². The molecule has 0 aliphatic carbocycles. The van der Waals surface area contributed by atoms with Gasteiger partial charge in [0.2, 0.25) is 11.7 Å². The fraction of sp³-hybridized carbons (Fsp3) is 0.235. The average molecular weight is 373 g/mol. The first kappa shape index (κ1) is 16.4. The van der Waals surface area contributed by atoms with Crippen LogP contribution in [0.4, 0.5) is 5.82 Å². The molecule has 0 fully saturated rings. The molecule has 3 heterocycles. The highest BCUT2D eigenvalue weighted by Gasteiger charge is 2.32. The van der Waals surface area contributed by atoms with Gasteiger partial charge >= 0.3 is 0 Å². The number of nitrogens with zero attached hydrogens (tertiary/aromatic N) is 2. The van der Waals surface area contributed by atoms with Crippen LogP contribution >= 0.6 is 11.3 Å². The van der Waals surface area contributed by atoms with E-state index in [1.807, 2.05) is 0 Å². The number of aromatic nitrogens is 2. The molecular weight excluding hydrogens is 358 g/mol. The van der Waals surface area contributed by atoms with E-state index in [2.05, 4.69) is 10.3 Å². The highest BCUT2D eigenvalue weighted by molar-refractivity contribution is 7.15. The Labute approximate surface area is 151 Å². The molecule has 1 aliphatic rings. The van der Waals surface area contributed by atoms with E-state index in [4.69, 9.17) is 9.47 Å². The number of hydrogen-bond donors (Lipinski definition) is 2. The molecule has 0 unspecified atom stereocenters. The number of aromatic hydroxyl groups is 1. The maximum absolute atomic E-state index is 12.7. The number of anilines is 1. The molecule has 1 aliphatic heterocycles. The van der Waals surface area contributed by atoms with Crippen molar-refractivity contribution in [2.24, 2.45) is 0 Å². The Balaban J connectivity index is 1.98. The number of ether oxygens (including phenoxy) is 2. The van der Waals surface area contributed by atoms with Crippen molar-refractivity contribution in [2.75, 3.05) is 19.5 Å². The highest BCUT2D eigenvalue weighted by atomic mass is 32.1. The van der Waals surface area contributed by atoms with Crippen LogP contribution in [-0.4, -0.2) is 34.6 Å². The van der Waals surface area contributed by atoms with Crippen molar-refractivity contribution < 1.29 is 19.4 Å². The summed E-state index contributed by atoms with van der Waals surface area (Å²) in [5.41, 5.74) is 0.635. The van der Waals surface area contributed by atoms with Crippen molar-refractivity contribution in [2.45, 2.75) is 12.3 Å². The van der Waals surface area contributed by atoms with Crippen LogP contribution in [0, 0.1) is 0 Å². The minimum absolute atomic E-state index is 0.0806. The number of fused-ring (bicyclic) bond motifs is 3. The fourth-order valence-corrected chi connectivity index (χ4v) is 3.92. The Bertz CT molecular complexity index is 1060. The zero-order valence-corrected chi connectivity index (χ0v) is 14.8. The lowest BCUT2D eigenvalue weighted by atomic mass is 9.86. The van der Waals surface area contributed by atoms with Crippen molar-refractivity contribution in [3.05, 3.63) is 45.2 Å². The summed E-state index contributed by atoms with van der Waals surface area (Å²) in [5, 5.41) is 14.7. The number of methoxy groups -OCH3 is 2. The molecule has 9 heteroatoms. The van der Waals surface area contributed by atoms with Crippen LogP contribution in [0.2, 0.25) is 0 Å². The molecule has 1 aromatic carbocycles. The molecule has 0 bridgehead atoms. The number of carbonyl (C=O) groups excluding carboxylic acids is 1. The van der Waals surface area contributed by atoms with E-state index in [0.29, 0.717) is 21.9 Å². The smallest absolute Gasteiger partial charge is 0.279 e. The summed E-state index contributed by atoms with van der Waals surface area (Å²) in [5.74, 6) is -0.0398. The summed E-state index contributed by atoms with van der Waals surface area (Å²) in [6.45, 7) is 0. The van der Waals surface area contributed by atoms with Gasteiger partial charge in [0.1, 0.15) is 5.82 Å². The third-order valence-electron chi connectivity index (χ3n) is 4.41. The van der Waals surface area contributed by atoms with Gasteiger partial charge in [0.05, 0.1) is 19.8 Å². The molecule has 0 saturated heterocycles. The van der Waals surface area contributed by atoms with Gasteiger partial charge in [-0.25, -0.2) is 0 Å². The molecule has 134 valence electrons. The lowest BCUT2D eigenvalue weighted by Gasteiger charge is -2.26. The Morgan fingerprint density at radius 2 is 1.96 bits per heavy atom. The number of phenolic OH excluding ortho intramolecular Hbond substituents is 1. The number of rotatable bonds is 3. The van der Waals surface area contributed by atoms with Gasteiger partial charge in [-0.2, -0.15) is 4.98 Å². The Morgan fingerprint density at radius 1 is 1.27 bits per heavy atom. The summed E-state index contributed by atoms with van der Waals surface area (Å²) in [6.07, 6.45) is 1.84. The summed E-state index contributed by atoms with van der Waals surface area (Å²) < 4.78 is 12.1. The minimum atomic E-state index is -0.529. The zero-order valence-electron chi connectivity index (χ0n) is 14.0. The first-order valence-electron chi connectivity index (χ1n) is 7.78. The van der Waals surface area contributed by atoms with Crippen LogP contribution in [0.25, 0.3) is 4.96 Å². The molecule has 8 nitrogen and oxygen atoms in total. The standard InChI is InChI=1S/C17H15N3O5S/c1-24-10-5-8(6-11(25-2)14(10)22)9-7-12(21)18-15-13(9)16(23)19-17-20(15)3-4-26-17/h3-6,9,22H,7H2,1-2H3,(H,18,21)/t9-/m1/s1. The van der Waals surface area contributed by atoms with Gasteiger partial charge in [-0.1, -0.05) is 0 Å². The second-order valence-corrected chi connectivity index (χ2v) is 6.69. The summed E-state index contributed by atoms with van der Waals surface area (Å²) in [7, 11) is 2.84. The van der Waals surface area contributed by atoms with Gasteiger partial charge in [0, 0.05) is 23.9 Å². The van der Waals surface area contributed by atoms with Crippen LogP contribution < -0.4 is 20.3 Å². The largest absolute Gasteiger partial charge is 0.502 e. The van der Waals surface area contributed by atoms with E-state index in [0.717, 1.165) is 0 Å². The van der Waals surface area contributed by atoms with Crippen molar-refractivity contribution in [3.63, 3.8) is 0 Å². The van der Waals surface area contributed by atoms with Crippen molar-refractivity contribution >= 4 is 28.0 Å². The number of amides is 1. The molecule has 2 N–H and O–H groups in total. The molecule has 4 rings (SSSR count). The fourth-order valence-electron chi connectivity index (χ4n) is 3.21. The predicted octanol–water partition coefficient (Wildman–Crippen LogP) is 1.95. The second kappa shape index (κ2) is 6.03. The number of nitrogens with one attached hydrogen (secondary N) is 1. The number of benzene rings is 1. The normalized spacial score (nSPS) is 16.2. The lowest BCUT2D eigenvalue weighted by molar-refractivity contribution is -0.116. The minimum Gasteiger partial charge on any atom is -0.502 e. The Morgan fingerprint density at radius 3 is 2.62 bits per heavy atom. The van der Waals surface area contributed by atoms with Gasteiger partial charge in [-0.15, -0.1) is 11.3 Å². The molecule has 1 atom stereocenters. The molecule has 1 amide bonds. The first-order valence-corrected chi connectivity index (χ1v) is 8.66. The average Bonchev–Trinajstić information content (AvgIpc) is 3.09. The lowest BCUT2D eigenvalue weighted by Crippen LogP contribution is -2.31. The number of hydrogen-bond acceptors (Lipinski definition) is 7. The first-order chi connectivity index (χ1) is 12.5. The molecule has 0 spiro atoms. The van der Waals surface area contributed by atoms with Gasteiger partial charge in [0.25, 0.3) is 5.56 Å². The molecular formula is C17H15N3O5S. The van der Waals surface area contributed by atoms with Crippen molar-refractivity contribution in [1.82, 2.24) is 9.38 Å². The Hall–Kier alpha value is -3.07. The van der Waals surface area contributed by atoms with Crippen LogP contribution in [0.1, 0.15) is 23.5 Å². The van der Waals surface area contributed by atoms with Gasteiger partial charge < -0.3 is 19.9 Å². The van der Waals surface area contributed by atoms with E-state index in [1.165, 1.54) is 25.6 Å². The quantitative estimate of drug-likeness (QED) is 0.728. The maximum atomic E-state index is 12.7. The van der Waals surface area contributed by atoms with Crippen LogP contribution in [0.3, 0.4) is 0 Å². The molecule has 26 heavy (non-hydrogen) atoms. The van der Waals surface area contributed by atoms with Crippen molar-refractivity contribution in [1.29, 1.82) is 0 Å². The van der Waals surface area contributed by atoms with Crippen molar-refractivity contribution in [3.8, 4) is 17.2 Å². The third-order valence-corrected chi connectivity index (χ3v) is 5.17.